The van der Waals surface area contributed by atoms with Gasteiger partial charge in [0.2, 0.25) is 6.79 Å². The number of fused-ring (bicyclic) bond motifs is 1. The third kappa shape index (κ3) is 3.87. The number of carbonyl (C=O) groups is 1. The SMILES string of the molecule is O=C(NCc1ccccc1OCc1ccccc1)c1cccc2c1OCO2. The third-order valence-corrected chi connectivity index (χ3v) is 4.29. The first-order chi connectivity index (χ1) is 13.3. The molecule has 0 bridgehead atoms. The van der Waals surface area contributed by atoms with Crippen LogP contribution in [0.2, 0.25) is 0 Å². The second kappa shape index (κ2) is 7.83. The molecule has 0 saturated carbocycles. The number of carbonyl (C=O) groups excluding carboxylic acids is 1. The fourth-order valence-electron chi connectivity index (χ4n) is 2.91. The summed E-state index contributed by atoms with van der Waals surface area (Å²) in [6.45, 7) is 0.966. The second-order valence-corrected chi connectivity index (χ2v) is 6.10. The second-order valence-electron chi connectivity index (χ2n) is 6.10. The Hall–Kier alpha value is -3.47. The third-order valence-electron chi connectivity index (χ3n) is 4.29. The Balaban J connectivity index is 1.43. The van der Waals surface area contributed by atoms with Crippen LogP contribution >= 0.6 is 0 Å². The molecule has 5 heteroatoms. The molecule has 1 amide bonds. The van der Waals surface area contributed by atoms with Gasteiger partial charge in [-0.1, -0.05) is 54.6 Å². The maximum absolute atomic E-state index is 12.6. The lowest BCUT2D eigenvalue weighted by atomic mass is 10.1. The maximum Gasteiger partial charge on any atom is 0.255 e. The van der Waals surface area contributed by atoms with Crippen molar-refractivity contribution in [3.8, 4) is 17.2 Å². The molecule has 0 saturated heterocycles. The van der Waals surface area contributed by atoms with Crippen molar-refractivity contribution in [3.05, 3.63) is 89.5 Å². The van der Waals surface area contributed by atoms with Crippen molar-refractivity contribution < 1.29 is 19.0 Å². The molecule has 0 fully saturated rings. The fourth-order valence-corrected chi connectivity index (χ4v) is 2.91. The van der Waals surface area contributed by atoms with Gasteiger partial charge < -0.3 is 19.5 Å². The number of para-hydroxylation sites is 2. The Kier molecular flexibility index (Phi) is 4.92. The fraction of sp³-hybridized carbons (Fsp3) is 0.136. The maximum atomic E-state index is 12.6. The van der Waals surface area contributed by atoms with Crippen molar-refractivity contribution in [1.82, 2.24) is 5.32 Å². The molecule has 0 unspecified atom stereocenters. The van der Waals surface area contributed by atoms with Crippen molar-refractivity contribution in [2.45, 2.75) is 13.2 Å². The molecule has 3 aromatic rings. The van der Waals surface area contributed by atoms with Crippen molar-refractivity contribution in [2.24, 2.45) is 0 Å². The number of benzene rings is 3. The number of ether oxygens (including phenoxy) is 3. The molecule has 0 radical (unpaired) electrons. The van der Waals surface area contributed by atoms with E-state index in [0.717, 1.165) is 16.9 Å². The van der Waals surface area contributed by atoms with E-state index < -0.39 is 0 Å². The average molecular weight is 361 g/mol. The van der Waals surface area contributed by atoms with Crippen LogP contribution in [0.1, 0.15) is 21.5 Å². The zero-order valence-corrected chi connectivity index (χ0v) is 14.7. The van der Waals surface area contributed by atoms with Gasteiger partial charge in [-0.15, -0.1) is 0 Å². The molecule has 0 aromatic heterocycles. The van der Waals surface area contributed by atoms with Gasteiger partial charge in [-0.25, -0.2) is 0 Å². The van der Waals surface area contributed by atoms with E-state index in [1.54, 1.807) is 18.2 Å². The van der Waals surface area contributed by atoms with E-state index in [1.807, 2.05) is 54.6 Å². The van der Waals surface area contributed by atoms with Crippen molar-refractivity contribution >= 4 is 5.91 Å². The predicted molar refractivity (Wildman–Crippen MR) is 101 cm³/mol. The van der Waals surface area contributed by atoms with E-state index in [2.05, 4.69) is 5.32 Å². The number of rotatable bonds is 6. The Bertz CT molecular complexity index is 940. The van der Waals surface area contributed by atoms with Gasteiger partial charge in [-0.2, -0.15) is 0 Å². The highest BCUT2D eigenvalue weighted by Crippen LogP contribution is 2.35. The molecular formula is C22H19NO4. The standard InChI is InChI=1S/C22H19NO4/c24-22(18-10-6-12-20-21(18)27-15-26-20)23-13-17-9-4-5-11-19(17)25-14-16-7-2-1-3-8-16/h1-12H,13-15H2,(H,23,24). The number of nitrogens with one attached hydrogen (secondary N) is 1. The molecule has 1 N–H and O–H groups in total. The summed E-state index contributed by atoms with van der Waals surface area (Å²) in [7, 11) is 0. The number of hydrogen-bond acceptors (Lipinski definition) is 4. The highest BCUT2D eigenvalue weighted by atomic mass is 16.7. The van der Waals surface area contributed by atoms with Crippen LogP contribution in [0.4, 0.5) is 0 Å². The minimum Gasteiger partial charge on any atom is -0.489 e. The first kappa shape index (κ1) is 17.0. The average Bonchev–Trinajstić information content (AvgIpc) is 3.21. The molecule has 1 aliphatic rings. The topological polar surface area (TPSA) is 56.8 Å². The van der Waals surface area contributed by atoms with E-state index in [-0.39, 0.29) is 12.7 Å². The lowest BCUT2D eigenvalue weighted by Crippen LogP contribution is -2.23. The smallest absolute Gasteiger partial charge is 0.255 e. The lowest BCUT2D eigenvalue weighted by Gasteiger charge is -2.13. The van der Waals surface area contributed by atoms with Crippen molar-refractivity contribution in [1.29, 1.82) is 0 Å². The van der Waals surface area contributed by atoms with E-state index in [9.17, 15) is 4.79 Å². The van der Waals surface area contributed by atoms with Gasteiger partial charge in [-0.05, 0) is 23.8 Å². The molecule has 1 heterocycles. The van der Waals surface area contributed by atoms with Gasteiger partial charge in [0.1, 0.15) is 12.4 Å². The normalized spacial score (nSPS) is 11.9. The van der Waals surface area contributed by atoms with Gasteiger partial charge in [0.25, 0.3) is 5.91 Å². The molecule has 0 spiro atoms. The van der Waals surface area contributed by atoms with Crippen LogP contribution in [-0.4, -0.2) is 12.7 Å². The molecule has 0 aliphatic carbocycles. The molecule has 3 aromatic carbocycles. The summed E-state index contributed by atoms with van der Waals surface area (Å²) in [6.07, 6.45) is 0. The number of amides is 1. The van der Waals surface area contributed by atoms with Gasteiger partial charge in [0, 0.05) is 12.1 Å². The largest absolute Gasteiger partial charge is 0.489 e. The molecule has 4 rings (SSSR count). The minimum absolute atomic E-state index is 0.135. The molecule has 27 heavy (non-hydrogen) atoms. The Morgan fingerprint density at radius 1 is 0.926 bits per heavy atom. The predicted octanol–water partition coefficient (Wildman–Crippen LogP) is 3.92. The van der Waals surface area contributed by atoms with E-state index in [1.165, 1.54) is 0 Å². The summed E-state index contributed by atoms with van der Waals surface area (Å²) in [5.74, 6) is 1.62. The summed E-state index contributed by atoms with van der Waals surface area (Å²) in [5, 5.41) is 2.93. The van der Waals surface area contributed by atoms with Gasteiger partial charge in [-0.3, -0.25) is 4.79 Å². The summed E-state index contributed by atoms with van der Waals surface area (Å²) >= 11 is 0. The molecule has 0 atom stereocenters. The van der Waals surface area contributed by atoms with Gasteiger partial charge in [0.15, 0.2) is 11.5 Å². The van der Waals surface area contributed by atoms with Gasteiger partial charge >= 0.3 is 0 Å². The molecule has 1 aliphatic heterocycles. The van der Waals surface area contributed by atoms with Crippen LogP contribution in [0.5, 0.6) is 17.2 Å². The van der Waals surface area contributed by atoms with Crippen molar-refractivity contribution in [3.63, 3.8) is 0 Å². The highest BCUT2D eigenvalue weighted by Gasteiger charge is 2.21. The Morgan fingerprint density at radius 3 is 2.63 bits per heavy atom. The van der Waals surface area contributed by atoms with Crippen LogP contribution in [0, 0.1) is 0 Å². The van der Waals surface area contributed by atoms with Crippen LogP contribution in [-0.2, 0) is 13.2 Å². The first-order valence-corrected chi connectivity index (χ1v) is 8.73. The molecule has 136 valence electrons. The van der Waals surface area contributed by atoms with Crippen LogP contribution < -0.4 is 19.5 Å². The van der Waals surface area contributed by atoms with Gasteiger partial charge in [0.05, 0.1) is 5.56 Å². The Morgan fingerprint density at radius 2 is 1.74 bits per heavy atom. The molecular weight excluding hydrogens is 342 g/mol. The van der Waals surface area contributed by atoms with Crippen LogP contribution in [0.15, 0.2) is 72.8 Å². The summed E-state index contributed by atoms with van der Waals surface area (Å²) in [6, 6.07) is 22.9. The van der Waals surface area contributed by atoms with Crippen LogP contribution in [0.25, 0.3) is 0 Å². The quantitative estimate of drug-likeness (QED) is 0.723. The lowest BCUT2D eigenvalue weighted by molar-refractivity contribution is 0.0946. The minimum atomic E-state index is -0.213. The highest BCUT2D eigenvalue weighted by molar-refractivity contribution is 5.97. The Labute approximate surface area is 157 Å². The van der Waals surface area contributed by atoms with E-state index >= 15 is 0 Å². The van der Waals surface area contributed by atoms with E-state index in [4.69, 9.17) is 14.2 Å². The first-order valence-electron chi connectivity index (χ1n) is 8.73. The monoisotopic (exact) mass is 361 g/mol. The zero-order valence-electron chi connectivity index (χ0n) is 14.7. The molecule has 5 nitrogen and oxygen atoms in total. The summed E-state index contributed by atoms with van der Waals surface area (Å²) in [4.78, 5) is 12.6. The van der Waals surface area contributed by atoms with E-state index in [0.29, 0.717) is 30.2 Å². The summed E-state index contributed by atoms with van der Waals surface area (Å²) in [5.41, 5.74) is 2.47. The summed E-state index contributed by atoms with van der Waals surface area (Å²) < 4.78 is 16.7. The number of hydrogen-bond donors (Lipinski definition) is 1. The van der Waals surface area contributed by atoms with Crippen LogP contribution in [0.3, 0.4) is 0 Å². The van der Waals surface area contributed by atoms with Crippen molar-refractivity contribution in [2.75, 3.05) is 6.79 Å². The zero-order chi connectivity index (χ0) is 18.5.